The van der Waals surface area contributed by atoms with E-state index in [-0.39, 0.29) is 24.2 Å². The topological polar surface area (TPSA) is 69.6 Å². The smallest absolute Gasteiger partial charge is 0.328 e. The van der Waals surface area contributed by atoms with Gasteiger partial charge in [0, 0.05) is 24.2 Å². The zero-order valence-electron chi connectivity index (χ0n) is 10.8. The fourth-order valence-corrected chi connectivity index (χ4v) is 3.00. The maximum Gasteiger partial charge on any atom is 0.328 e. The molecule has 2 saturated heterocycles. The average Bonchev–Trinajstić information content (AvgIpc) is 2.49. The maximum absolute atomic E-state index is 12.1. The molecule has 0 radical (unpaired) electrons. The Balaban J connectivity index is 2.06. The molecule has 2 N–H and O–H groups in total. The van der Waals surface area contributed by atoms with E-state index in [2.05, 4.69) is 5.32 Å². The number of fused-ring (bicyclic) bond motifs is 2. The van der Waals surface area contributed by atoms with Crippen molar-refractivity contribution in [1.29, 1.82) is 0 Å². The van der Waals surface area contributed by atoms with Gasteiger partial charge in [-0.1, -0.05) is 5.57 Å². The van der Waals surface area contributed by atoms with Crippen LogP contribution < -0.4 is 5.32 Å². The Morgan fingerprint density at radius 3 is 2.33 bits per heavy atom. The summed E-state index contributed by atoms with van der Waals surface area (Å²) in [7, 11) is 0. The zero-order valence-corrected chi connectivity index (χ0v) is 10.8. The molecule has 2 unspecified atom stereocenters. The van der Waals surface area contributed by atoms with Crippen LogP contribution in [0.3, 0.4) is 0 Å². The number of aliphatic carboxylic acids is 1. The van der Waals surface area contributed by atoms with E-state index < -0.39 is 5.97 Å². The number of nitrogens with zero attached hydrogens (tertiary/aromatic N) is 1. The molecular formula is C13H20N2O3. The van der Waals surface area contributed by atoms with Crippen LogP contribution >= 0.6 is 0 Å². The van der Waals surface area contributed by atoms with E-state index >= 15 is 0 Å². The second-order valence-electron chi connectivity index (χ2n) is 5.45. The van der Waals surface area contributed by atoms with E-state index in [1.165, 1.54) is 6.08 Å². The van der Waals surface area contributed by atoms with Crippen molar-refractivity contribution in [2.75, 3.05) is 0 Å². The van der Waals surface area contributed by atoms with Crippen LogP contribution in [0.2, 0.25) is 0 Å². The fraction of sp³-hybridized carbons (Fsp3) is 0.692. The van der Waals surface area contributed by atoms with Gasteiger partial charge in [-0.15, -0.1) is 0 Å². The highest BCUT2D eigenvalue weighted by Crippen LogP contribution is 2.38. The van der Waals surface area contributed by atoms with E-state index in [1.54, 1.807) is 0 Å². The molecule has 2 heterocycles. The minimum atomic E-state index is -0.885. The molecule has 0 aromatic heterocycles. The Morgan fingerprint density at radius 2 is 1.89 bits per heavy atom. The van der Waals surface area contributed by atoms with Gasteiger partial charge in [0.2, 0.25) is 0 Å². The Bertz CT molecular complexity index is 374. The Kier molecular flexibility index (Phi) is 3.59. The second kappa shape index (κ2) is 5.00. The molecule has 5 heteroatoms. The van der Waals surface area contributed by atoms with E-state index in [0.29, 0.717) is 12.8 Å². The van der Waals surface area contributed by atoms with Crippen molar-refractivity contribution < 1.29 is 14.7 Å². The zero-order chi connectivity index (χ0) is 13.3. The van der Waals surface area contributed by atoms with Crippen LogP contribution in [-0.4, -0.2) is 40.1 Å². The lowest BCUT2D eigenvalue weighted by Gasteiger charge is -2.36. The minimum absolute atomic E-state index is 0.00752. The molecule has 2 aliphatic rings. The predicted molar refractivity (Wildman–Crippen MR) is 67.3 cm³/mol. The van der Waals surface area contributed by atoms with Crippen LogP contribution in [0.15, 0.2) is 11.6 Å². The van der Waals surface area contributed by atoms with Gasteiger partial charge in [-0.05, 0) is 39.5 Å². The summed E-state index contributed by atoms with van der Waals surface area (Å²) in [5, 5.41) is 11.7. The highest BCUT2D eigenvalue weighted by Gasteiger charge is 2.41. The molecule has 0 spiro atoms. The van der Waals surface area contributed by atoms with Gasteiger partial charge < -0.3 is 15.3 Å². The number of carbonyl (C=O) groups excluding carboxylic acids is 1. The molecular weight excluding hydrogens is 232 g/mol. The first kappa shape index (κ1) is 12.9. The number of hydrogen-bond acceptors (Lipinski definition) is 2. The van der Waals surface area contributed by atoms with Gasteiger partial charge in [-0.25, -0.2) is 9.59 Å². The van der Waals surface area contributed by atoms with Crippen molar-refractivity contribution in [3.8, 4) is 0 Å². The molecule has 5 nitrogen and oxygen atoms in total. The highest BCUT2D eigenvalue weighted by molar-refractivity contribution is 5.81. The number of carbonyl (C=O) groups is 2. The van der Waals surface area contributed by atoms with Crippen molar-refractivity contribution in [2.45, 2.75) is 57.7 Å². The SMILES string of the molecule is CC(C)NC(=O)N1C2CCC1CC(=CC(=O)O)C2. The number of urea groups is 1. The summed E-state index contributed by atoms with van der Waals surface area (Å²) in [5.74, 6) is -0.885. The Hall–Kier alpha value is -1.52. The van der Waals surface area contributed by atoms with Crippen LogP contribution in [0, 0.1) is 0 Å². The predicted octanol–water partition coefficient (Wildman–Crippen LogP) is 1.74. The molecule has 100 valence electrons. The first-order valence-electron chi connectivity index (χ1n) is 6.48. The first-order chi connectivity index (χ1) is 8.47. The summed E-state index contributed by atoms with van der Waals surface area (Å²) < 4.78 is 0. The fourth-order valence-electron chi connectivity index (χ4n) is 3.00. The molecule has 18 heavy (non-hydrogen) atoms. The van der Waals surface area contributed by atoms with Crippen LogP contribution in [0.25, 0.3) is 0 Å². The number of amides is 2. The Labute approximate surface area is 107 Å². The van der Waals surface area contributed by atoms with E-state index in [0.717, 1.165) is 18.4 Å². The molecule has 0 aromatic carbocycles. The summed E-state index contributed by atoms with van der Waals surface area (Å²) >= 11 is 0. The number of piperidine rings is 1. The molecule has 0 aromatic rings. The summed E-state index contributed by atoms with van der Waals surface area (Å²) in [4.78, 5) is 24.7. The molecule has 2 bridgehead atoms. The standard InChI is InChI=1S/C13H20N2O3/c1-8(2)14-13(18)15-10-3-4-11(15)6-9(5-10)7-12(16)17/h7-8,10-11H,3-6H2,1-2H3,(H,14,18)(H,16,17). The summed E-state index contributed by atoms with van der Waals surface area (Å²) in [6.07, 6.45) is 4.67. The third-order valence-electron chi connectivity index (χ3n) is 3.59. The van der Waals surface area contributed by atoms with Gasteiger partial charge >= 0.3 is 12.0 Å². The van der Waals surface area contributed by atoms with Crippen molar-refractivity contribution in [2.24, 2.45) is 0 Å². The van der Waals surface area contributed by atoms with Gasteiger partial charge in [0.25, 0.3) is 0 Å². The maximum atomic E-state index is 12.1. The lowest BCUT2D eigenvalue weighted by Crippen LogP contribution is -2.51. The first-order valence-corrected chi connectivity index (χ1v) is 6.48. The van der Waals surface area contributed by atoms with Crippen LogP contribution in [-0.2, 0) is 4.79 Å². The van der Waals surface area contributed by atoms with Crippen LogP contribution in [0.1, 0.15) is 39.5 Å². The van der Waals surface area contributed by atoms with Crippen molar-refractivity contribution in [3.63, 3.8) is 0 Å². The number of carboxylic acids is 1. The van der Waals surface area contributed by atoms with Gasteiger partial charge in [0.1, 0.15) is 0 Å². The third-order valence-corrected chi connectivity index (χ3v) is 3.59. The quantitative estimate of drug-likeness (QED) is 0.735. The largest absolute Gasteiger partial charge is 0.478 e. The summed E-state index contributed by atoms with van der Waals surface area (Å²) in [5.41, 5.74) is 0.962. The number of rotatable bonds is 2. The monoisotopic (exact) mass is 252 g/mol. The molecule has 0 aliphatic carbocycles. The molecule has 2 amide bonds. The van der Waals surface area contributed by atoms with Gasteiger partial charge in [0.15, 0.2) is 0 Å². The molecule has 2 atom stereocenters. The average molecular weight is 252 g/mol. The van der Waals surface area contributed by atoms with Crippen LogP contribution in [0.5, 0.6) is 0 Å². The number of nitrogens with one attached hydrogen (secondary N) is 1. The lowest BCUT2D eigenvalue weighted by atomic mass is 9.96. The summed E-state index contributed by atoms with van der Waals surface area (Å²) in [6.45, 7) is 3.89. The number of carboxylic acid groups (broad SMARTS) is 1. The molecule has 2 rings (SSSR count). The Morgan fingerprint density at radius 1 is 1.33 bits per heavy atom. The van der Waals surface area contributed by atoms with Crippen molar-refractivity contribution in [3.05, 3.63) is 11.6 Å². The van der Waals surface area contributed by atoms with E-state index in [1.807, 2.05) is 18.7 Å². The summed E-state index contributed by atoms with van der Waals surface area (Å²) in [6, 6.07) is 0.473. The van der Waals surface area contributed by atoms with Crippen molar-refractivity contribution in [1.82, 2.24) is 10.2 Å². The number of hydrogen-bond donors (Lipinski definition) is 2. The molecule has 2 aliphatic heterocycles. The van der Waals surface area contributed by atoms with Crippen LogP contribution in [0.4, 0.5) is 4.79 Å². The lowest BCUT2D eigenvalue weighted by molar-refractivity contribution is -0.131. The molecule has 2 fully saturated rings. The van der Waals surface area contributed by atoms with E-state index in [9.17, 15) is 9.59 Å². The van der Waals surface area contributed by atoms with Crippen molar-refractivity contribution >= 4 is 12.0 Å². The van der Waals surface area contributed by atoms with E-state index in [4.69, 9.17) is 5.11 Å². The molecule has 0 saturated carbocycles. The van der Waals surface area contributed by atoms with Gasteiger partial charge in [0.05, 0.1) is 0 Å². The van der Waals surface area contributed by atoms with Gasteiger partial charge in [-0.3, -0.25) is 0 Å². The van der Waals surface area contributed by atoms with Gasteiger partial charge in [-0.2, -0.15) is 0 Å². The minimum Gasteiger partial charge on any atom is -0.478 e. The normalized spacial score (nSPS) is 26.4. The highest BCUT2D eigenvalue weighted by atomic mass is 16.4. The second-order valence-corrected chi connectivity index (χ2v) is 5.45. The third kappa shape index (κ3) is 2.66.